The van der Waals surface area contributed by atoms with E-state index in [0.717, 1.165) is 34.7 Å². The molecule has 0 bridgehead atoms. The zero-order valence-corrected chi connectivity index (χ0v) is 17.4. The van der Waals surface area contributed by atoms with E-state index in [4.69, 9.17) is 4.98 Å². The normalized spacial score (nSPS) is 16.5. The number of imidazole rings is 1. The summed E-state index contributed by atoms with van der Waals surface area (Å²) in [5.41, 5.74) is 6.79. The van der Waals surface area contributed by atoms with Crippen LogP contribution in [0.25, 0.3) is 11.0 Å². The van der Waals surface area contributed by atoms with Gasteiger partial charge in [0.1, 0.15) is 5.82 Å². The lowest BCUT2D eigenvalue weighted by atomic mass is 10.1. The van der Waals surface area contributed by atoms with Crippen molar-refractivity contribution >= 4 is 22.6 Å². The van der Waals surface area contributed by atoms with Gasteiger partial charge in [-0.2, -0.15) is 0 Å². The van der Waals surface area contributed by atoms with Crippen molar-refractivity contribution in [1.82, 2.24) is 9.55 Å². The van der Waals surface area contributed by atoms with Crippen molar-refractivity contribution in [1.29, 1.82) is 0 Å². The molecule has 30 heavy (non-hydrogen) atoms. The third kappa shape index (κ3) is 3.18. The van der Waals surface area contributed by atoms with Crippen LogP contribution < -0.4 is 4.90 Å². The molecule has 3 aromatic carbocycles. The molecule has 0 saturated carbocycles. The van der Waals surface area contributed by atoms with Crippen LogP contribution >= 0.6 is 0 Å². The van der Waals surface area contributed by atoms with Crippen LogP contribution in [-0.2, 0) is 11.3 Å². The molecule has 0 N–H and O–H groups in total. The van der Waals surface area contributed by atoms with E-state index in [1.165, 1.54) is 11.1 Å². The first-order chi connectivity index (χ1) is 14.6. The van der Waals surface area contributed by atoms with E-state index in [1.807, 2.05) is 29.2 Å². The number of rotatable bonds is 4. The van der Waals surface area contributed by atoms with Gasteiger partial charge in [0.25, 0.3) is 0 Å². The van der Waals surface area contributed by atoms with Crippen molar-refractivity contribution in [3.05, 3.63) is 95.3 Å². The standard InChI is InChI=1S/C26H25N3O/c1-18-9-3-5-11-20(18)16-29-24-14-8-6-12-22(24)27-26(29)21-15-25(30)28(17-21)23-13-7-4-10-19(23)2/h3-14,21H,15-17H2,1-2H3. The van der Waals surface area contributed by atoms with E-state index >= 15 is 0 Å². The number of hydrogen-bond acceptors (Lipinski definition) is 2. The maximum absolute atomic E-state index is 12.9. The molecule has 1 amide bonds. The minimum Gasteiger partial charge on any atom is -0.323 e. The molecule has 1 saturated heterocycles. The lowest BCUT2D eigenvalue weighted by Gasteiger charge is -2.19. The van der Waals surface area contributed by atoms with E-state index in [2.05, 4.69) is 66.9 Å². The summed E-state index contributed by atoms with van der Waals surface area (Å²) in [4.78, 5) is 19.9. The zero-order valence-electron chi connectivity index (χ0n) is 17.4. The summed E-state index contributed by atoms with van der Waals surface area (Å²) in [6, 6.07) is 24.8. The molecular formula is C26H25N3O. The number of amides is 1. The van der Waals surface area contributed by atoms with E-state index in [9.17, 15) is 4.79 Å². The Morgan fingerprint density at radius 1 is 0.900 bits per heavy atom. The third-order valence-electron chi connectivity index (χ3n) is 6.17. The average Bonchev–Trinajstić information content (AvgIpc) is 3.31. The number of carbonyl (C=O) groups excluding carboxylic acids is 1. The van der Waals surface area contributed by atoms with Crippen LogP contribution in [0.5, 0.6) is 0 Å². The van der Waals surface area contributed by atoms with Gasteiger partial charge in [-0.15, -0.1) is 0 Å². The fourth-order valence-corrected chi connectivity index (χ4v) is 4.51. The Balaban J connectivity index is 1.55. The molecule has 1 unspecified atom stereocenters. The van der Waals surface area contributed by atoms with Crippen LogP contribution in [0.3, 0.4) is 0 Å². The highest BCUT2D eigenvalue weighted by atomic mass is 16.2. The summed E-state index contributed by atoms with van der Waals surface area (Å²) in [5, 5.41) is 0. The fraction of sp³-hybridized carbons (Fsp3) is 0.231. The number of carbonyl (C=O) groups is 1. The van der Waals surface area contributed by atoms with E-state index < -0.39 is 0 Å². The first-order valence-corrected chi connectivity index (χ1v) is 10.5. The molecule has 0 aliphatic carbocycles. The molecule has 1 fully saturated rings. The van der Waals surface area contributed by atoms with E-state index in [0.29, 0.717) is 13.0 Å². The molecule has 4 nitrogen and oxygen atoms in total. The van der Waals surface area contributed by atoms with Crippen LogP contribution in [0.1, 0.15) is 34.9 Å². The van der Waals surface area contributed by atoms with Gasteiger partial charge < -0.3 is 9.47 Å². The Hall–Kier alpha value is -3.40. The van der Waals surface area contributed by atoms with Gasteiger partial charge in [0.05, 0.1) is 11.0 Å². The lowest BCUT2D eigenvalue weighted by molar-refractivity contribution is -0.117. The van der Waals surface area contributed by atoms with Crippen molar-refractivity contribution in [3.8, 4) is 0 Å². The Kier molecular flexibility index (Phi) is 4.62. The summed E-state index contributed by atoms with van der Waals surface area (Å²) in [6.45, 7) is 5.63. The van der Waals surface area contributed by atoms with Gasteiger partial charge in [0.15, 0.2) is 0 Å². The van der Waals surface area contributed by atoms with Gasteiger partial charge in [0, 0.05) is 31.1 Å². The maximum Gasteiger partial charge on any atom is 0.227 e. The minimum atomic E-state index is 0.0773. The summed E-state index contributed by atoms with van der Waals surface area (Å²) >= 11 is 0. The highest BCUT2D eigenvalue weighted by Gasteiger charge is 2.35. The average molecular weight is 396 g/mol. The van der Waals surface area contributed by atoms with Gasteiger partial charge in [0.2, 0.25) is 5.91 Å². The second kappa shape index (κ2) is 7.45. The van der Waals surface area contributed by atoms with Crippen LogP contribution in [0.4, 0.5) is 5.69 Å². The summed E-state index contributed by atoms with van der Waals surface area (Å²) in [5.74, 6) is 1.25. The monoisotopic (exact) mass is 395 g/mol. The molecule has 1 aromatic heterocycles. The predicted molar refractivity (Wildman–Crippen MR) is 121 cm³/mol. The number of aromatic nitrogens is 2. The number of fused-ring (bicyclic) bond motifs is 1. The predicted octanol–water partition coefficient (Wildman–Crippen LogP) is 5.22. The smallest absolute Gasteiger partial charge is 0.227 e. The molecule has 5 rings (SSSR count). The highest BCUT2D eigenvalue weighted by molar-refractivity contribution is 5.97. The number of aryl methyl sites for hydroxylation is 2. The first-order valence-electron chi connectivity index (χ1n) is 10.5. The van der Waals surface area contributed by atoms with Crippen molar-refractivity contribution < 1.29 is 4.79 Å². The molecule has 0 spiro atoms. The summed E-state index contributed by atoms with van der Waals surface area (Å²) in [6.07, 6.45) is 0.491. The van der Waals surface area contributed by atoms with Gasteiger partial charge in [-0.3, -0.25) is 4.79 Å². The maximum atomic E-state index is 12.9. The van der Waals surface area contributed by atoms with Crippen molar-refractivity contribution in [3.63, 3.8) is 0 Å². The van der Waals surface area contributed by atoms with Gasteiger partial charge in [-0.1, -0.05) is 54.6 Å². The summed E-state index contributed by atoms with van der Waals surface area (Å²) < 4.78 is 2.30. The Bertz CT molecular complexity index is 1240. The summed E-state index contributed by atoms with van der Waals surface area (Å²) in [7, 11) is 0. The number of hydrogen-bond donors (Lipinski definition) is 0. The number of benzene rings is 3. The van der Waals surface area contributed by atoms with Gasteiger partial charge in [-0.05, 0) is 48.7 Å². The largest absolute Gasteiger partial charge is 0.323 e. The van der Waals surface area contributed by atoms with Crippen LogP contribution in [0, 0.1) is 13.8 Å². The quantitative estimate of drug-likeness (QED) is 0.475. The van der Waals surface area contributed by atoms with E-state index in [-0.39, 0.29) is 11.8 Å². The number of nitrogens with zero attached hydrogens (tertiary/aromatic N) is 3. The Morgan fingerprint density at radius 2 is 1.60 bits per heavy atom. The van der Waals surface area contributed by atoms with Gasteiger partial charge in [-0.25, -0.2) is 4.98 Å². The number of para-hydroxylation sites is 3. The first kappa shape index (κ1) is 18.6. The van der Waals surface area contributed by atoms with Crippen LogP contribution in [0.15, 0.2) is 72.8 Å². The van der Waals surface area contributed by atoms with Crippen LogP contribution in [-0.4, -0.2) is 22.0 Å². The minimum absolute atomic E-state index is 0.0773. The molecule has 1 atom stereocenters. The van der Waals surface area contributed by atoms with Gasteiger partial charge >= 0.3 is 0 Å². The molecule has 1 aliphatic heterocycles. The SMILES string of the molecule is Cc1ccccc1Cn1c(C2CC(=O)N(c3ccccc3C)C2)nc2ccccc21. The lowest BCUT2D eigenvalue weighted by Crippen LogP contribution is -2.25. The molecule has 1 aliphatic rings. The highest BCUT2D eigenvalue weighted by Crippen LogP contribution is 2.34. The Morgan fingerprint density at radius 3 is 2.40 bits per heavy atom. The molecule has 0 radical (unpaired) electrons. The Labute approximate surface area is 176 Å². The number of anilines is 1. The molecule has 150 valence electrons. The molecule has 4 aromatic rings. The second-order valence-electron chi connectivity index (χ2n) is 8.16. The topological polar surface area (TPSA) is 38.1 Å². The molecule has 2 heterocycles. The molecule has 4 heteroatoms. The second-order valence-corrected chi connectivity index (χ2v) is 8.16. The zero-order chi connectivity index (χ0) is 20.7. The van der Waals surface area contributed by atoms with E-state index in [1.54, 1.807) is 0 Å². The molecular weight excluding hydrogens is 370 g/mol. The van der Waals surface area contributed by atoms with Crippen molar-refractivity contribution in [2.75, 3.05) is 11.4 Å². The third-order valence-corrected chi connectivity index (χ3v) is 6.17. The van der Waals surface area contributed by atoms with Crippen LogP contribution in [0.2, 0.25) is 0 Å². The van der Waals surface area contributed by atoms with Crippen molar-refractivity contribution in [2.24, 2.45) is 0 Å². The van der Waals surface area contributed by atoms with Crippen molar-refractivity contribution in [2.45, 2.75) is 32.7 Å². The fourth-order valence-electron chi connectivity index (χ4n) is 4.51.